The predicted octanol–water partition coefficient (Wildman–Crippen LogP) is 2.96. The highest BCUT2D eigenvalue weighted by molar-refractivity contribution is 5.74. The van der Waals surface area contributed by atoms with Crippen LogP contribution in [0.1, 0.15) is 52.0 Å². The van der Waals surface area contributed by atoms with E-state index in [4.69, 9.17) is 0 Å². The molecule has 2 amide bonds. The van der Waals surface area contributed by atoms with Crippen LogP contribution in [0.25, 0.3) is 0 Å². The lowest BCUT2D eigenvalue weighted by Gasteiger charge is -2.34. The molecule has 3 N–H and O–H groups in total. The number of rotatable bonds is 4. The molecule has 1 fully saturated rings. The van der Waals surface area contributed by atoms with E-state index in [1.807, 2.05) is 25.1 Å². The van der Waals surface area contributed by atoms with E-state index in [0.29, 0.717) is 0 Å². The SMILES string of the molecule is CC(NC(=O)NC1CCC(O)CC1)C(C)(C)c1ccccc1. The van der Waals surface area contributed by atoms with Gasteiger partial charge in [0.2, 0.25) is 0 Å². The van der Waals surface area contributed by atoms with E-state index in [1.165, 1.54) is 5.56 Å². The van der Waals surface area contributed by atoms with Crippen molar-refractivity contribution in [1.82, 2.24) is 10.6 Å². The van der Waals surface area contributed by atoms with E-state index in [2.05, 4.69) is 36.6 Å². The molecule has 1 saturated carbocycles. The number of aliphatic hydroxyl groups excluding tert-OH is 1. The van der Waals surface area contributed by atoms with Crippen molar-refractivity contribution in [2.45, 2.75) is 70.1 Å². The highest BCUT2D eigenvalue weighted by atomic mass is 16.3. The molecule has 1 atom stereocenters. The zero-order chi connectivity index (χ0) is 16.2. The molecular formula is C18H28N2O2. The molecule has 0 radical (unpaired) electrons. The summed E-state index contributed by atoms with van der Waals surface area (Å²) in [5.74, 6) is 0. The van der Waals surface area contributed by atoms with Crippen LogP contribution in [0.15, 0.2) is 30.3 Å². The summed E-state index contributed by atoms with van der Waals surface area (Å²) in [6.07, 6.45) is 3.05. The Hall–Kier alpha value is -1.55. The number of benzene rings is 1. The van der Waals surface area contributed by atoms with Crippen LogP contribution < -0.4 is 10.6 Å². The average molecular weight is 304 g/mol. The van der Waals surface area contributed by atoms with Crippen molar-refractivity contribution in [1.29, 1.82) is 0 Å². The summed E-state index contributed by atoms with van der Waals surface area (Å²) in [5.41, 5.74) is 1.07. The van der Waals surface area contributed by atoms with E-state index >= 15 is 0 Å². The van der Waals surface area contributed by atoms with Gasteiger partial charge in [-0.3, -0.25) is 0 Å². The maximum atomic E-state index is 12.2. The normalized spacial score (nSPS) is 23.6. The first-order chi connectivity index (χ1) is 10.4. The van der Waals surface area contributed by atoms with Gasteiger partial charge in [0, 0.05) is 17.5 Å². The summed E-state index contributed by atoms with van der Waals surface area (Å²) >= 11 is 0. The van der Waals surface area contributed by atoms with Crippen LogP contribution in [-0.4, -0.2) is 29.3 Å². The second kappa shape index (κ2) is 7.14. The van der Waals surface area contributed by atoms with Crippen LogP contribution in [0.4, 0.5) is 4.79 Å². The fourth-order valence-electron chi connectivity index (χ4n) is 2.94. The first-order valence-corrected chi connectivity index (χ1v) is 8.20. The summed E-state index contributed by atoms with van der Waals surface area (Å²) in [6, 6.07) is 10.3. The molecule has 0 aliphatic heterocycles. The zero-order valence-electron chi connectivity index (χ0n) is 13.8. The van der Waals surface area contributed by atoms with Crippen molar-refractivity contribution in [3.63, 3.8) is 0 Å². The highest BCUT2D eigenvalue weighted by Gasteiger charge is 2.29. The Balaban J connectivity index is 1.88. The summed E-state index contributed by atoms with van der Waals surface area (Å²) in [4.78, 5) is 12.2. The van der Waals surface area contributed by atoms with Gasteiger partial charge in [0.25, 0.3) is 0 Å². The van der Waals surface area contributed by atoms with Crippen LogP contribution >= 0.6 is 0 Å². The van der Waals surface area contributed by atoms with E-state index in [1.54, 1.807) is 0 Å². The molecule has 4 nitrogen and oxygen atoms in total. The van der Waals surface area contributed by atoms with Crippen molar-refractivity contribution in [2.75, 3.05) is 0 Å². The fraction of sp³-hybridized carbons (Fsp3) is 0.611. The lowest BCUT2D eigenvalue weighted by atomic mass is 9.78. The van der Waals surface area contributed by atoms with E-state index < -0.39 is 0 Å². The maximum absolute atomic E-state index is 12.2. The van der Waals surface area contributed by atoms with Crippen LogP contribution in [0.5, 0.6) is 0 Å². The van der Waals surface area contributed by atoms with Crippen molar-refractivity contribution in [2.24, 2.45) is 0 Å². The lowest BCUT2D eigenvalue weighted by molar-refractivity contribution is 0.117. The first kappa shape index (κ1) is 16.8. The summed E-state index contributed by atoms with van der Waals surface area (Å²) in [5, 5.41) is 15.6. The van der Waals surface area contributed by atoms with Gasteiger partial charge in [-0.2, -0.15) is 0 Å². The topological polar surface area (TPSA) is 61.4 Å². The third-order valence-corrected chi connectivity index (χ3v) is 4.98. The van der Waals surface area contributed by atoms with Gasteiger partial charge >= 0.3 is 6.03 Å². The van der Waals surface area contributed by atoms with Gasteiger partial charge in [-0.15, -0.1) is 0 Å². The second-order valence-electron chi connectivity index (χ2n) is 6.93. The smallest absolute Gasteiger partial charge is 0.315 e. The molecule has 1 aliphatic carbocycles. The molecule has 0 bridgehead atoms. The Morgan fingerprint density at radius 1 is 1.18 bits per heavy atom. The Morgan fingerprint density at radius 2 is 1.77 bits per heavy atom. The molecule has 0 aromatic heterocycles. The zero-order valence-corrected chi connectivity index (χ0v) is 13.8. The van der Waals surface area contributed by atoms with E-state index in [-0.39, 0.29) is 29.6 Å². The number of carbonyl (C=O) groups excluding carboxylic acids is 1. The van der Waals surface area contributed by atoms with Crippen molar-refractivity contribution < 1.29 is 9.90 Å². The Morgan fingerprint density at radius 3 is 2.36 bits per heavy atom. The quantitative estimate of drug-likeness (QED) is 0.801. The minimum atomic E-state index is -0.197. The number of nitrogens with one attached hydrogen (secondary N) is 2. The average Bonchev–Trinajstić information content (AvgIpc) is 2.50. The first-order valence-electron chi connectivity index (χ1n) is 8.20. The third kappa shape index (κ3) is 4.23. The molecule has 1 aliphatic rings. The molecule has 2 rings (SSSR count). The molecular weight excluding hydrogens is 276 g/mol. The molecule has 4 heteroatoms. The number of aliphatic hydroxyl groups is 1. The summed E-state index contributed by atoms with van der Waals surface area (Å²) in [6.45, 7) is 6.33. The molecule has 0 heterocycles. The largest absolute Gasteiger partial charge is 0.393 e. The van der Waals surface area contributed by atoms with Gasteiger partial charge in [0.15, 0.2) is 0 Å². The number of hydrogen-bond donors (Lipinski definition) is 3. The van der Waals surface area contributed by atoms with Crippen molar-refractivity contribution in [3.8, 4) is 0 Å². The third-order valence-electron chi connectivity index (χ3n) is 4.98. The lowest BCUT2D eigenvalue weighted by Crippen LogP contribution is -2.51. The number of carbonyl (C=O) groups is 1. The minimum absolute atomic E-state index is 0.0177. The van der Waals surface area contributed by atoms with Crippen molar-refractivity contribution >= 4 is 6.03 Å². The van der Waals surface area contributed by atoms with Gasteiger partial charge in [-0.05, 0) is 38.2 Å². The summed E-state index contributed by atoms with van der Waals surface area (Å²) in [7, 11) is 0. The van der Waals surface area contributed by atoms with Crippen LogP contribution in [-0.2, 0) is 5.41 Å². The van der Waals surface area contributed by atoms with Crippen LogP contribution in [0.2, 0.25) is 0 Å². The van der Waals surface area contributed by atoms with Gasteiger partial charge in [0.05, 0.1) is 6.10 Å². The van der Waals surface area contributed by atoms with Gasteiger partial charge in [0.1, 0.15) is 0 Å². The fourth-order valence-corrected chi connectivity index (χ4v) is 2.94. The van der Waals surface area contributed by atoms with E-state index in [9.17, 15) is 9.90 Å². The van der Waals surface area contributed by atoms with Crippen LogP contribution in [0, 0.1) is 0 Å². The molecule has 1 unspecified atom stereocenters. The number of hydrogen-bond acceptors (Lipinski definition) is 2. The molecule has 0 saturated heterocycles. The number of amides is 2. The summed E-state index contributed by atoms with van der Waals surface area (Å²) < 4.78 is 0. The Labute approximate surface area is 133 Å². The maximum Gasteiger partial charge on any atom is 0.315 e. The van der Waals surface area contributed by atoms with Gasteiger partial charge in [-0.25, -0.2) is 4.79 Å². The predicted molar refractivity (Wildman–Crippen MR) is 88.9 cm³/mol. The van der Waals surface area contributed by atoms with Crippen molar-refractivity contribution in [3.05, 3.63) is 35.9 Å². The molecule has 1 aromatic carbocycles. The van der Waals surface area contributed by atoms with Gasteiger partial charge in [-0.1, -0.05) is 44.2 Å². The van der Waals surface area contributed by atoms with E-state index in [0.717, 1.165) is 25.7 Å². The Kier molecular flexibility index (Phi) is 5.46. The molecule has 122 valence electrons. The molecule has 0 spiro atoms. The second-order valence-corrected chi connectivity index (χ2v) is 6.93. The minimum Gasteiger partial charge on any atom is -0.393 e. The monoisotopic (exact) mass is 304 g/mol. The van der Waals surface area contributed by atoms with Gasteiger partial charge < -0.3 is 15.7 Å². The molecule has 1 aromatic rings. The Bertz CT molecular complexity index is 479. The highest BCUT2D eigenvalue weighted by Crippen LogP contribution is 2.26. The molecule has 22 heavy (non-hydrogen) atoms. The standard InChI is InChI=1S/C18H28N2O2/c1-13(18(2,3)14-7-5-4-6-8-14)19-17(22)20-15-9-11-16(21)12-10-15/h4-8,13,15-16,21H,9-12H2,1-3H3,(H2,19,20,22). The van der Waals surface area contributed by atoms with Crippen LogP contribution in [0.3, 0.4) is 0 Å². The number of urea groups is 1.